The smallest absolute Gasteiger partial charge is 0.251 e. The molecule has 1 atom stereocenters. The van der Waals surface area contributed by atoms with E-state index in [4.69, 9.17) is 14.2 Å². The standard InChI is InChI=1S/C23H28N2O5/c1-4-28-19-10-8-18(9-11-19)25-15-17(14-22(25)26)24-23(27)16-7-12-20(29-5-2)21(13-16)30-6-3/h7-13,17H,4-6,14-15H2,1-3H3,(H,24,27). The van der Waals surface area contributed by atoms with Gasteiger partial charge in [-0.2, -0.15) is 0 Å². The van der Waals surface area contributed by atoms with Gasteiger partial charge < -0.3 is 24.4 Å². The van der Waals surface area contributed by atoms with E-state index >= 15 is 0 Å². The summed E-state index contributed by atoms with van der Waals surface area (Å²) in [5.41, 5.74) is 1.26. The number of nitrogens with one attached hydrogen (secondary N) is 1. The fourth-order valence-corrected chi connectivity index (χ4v) is 3.40. The molecule has 1 saturated heterocycles. The molecule has 1 unspecified atom stereocenters. The predicted molar refractivity (Wildman–Crippen MR) is 115 cm³/mol. The van der Waals surface area contributed by atoms with Crippen LogP contribution in [0.5, 0.6) is 17.2 Å². The van der Waals surface area contributed by atoms with Crippen LogP contribution >= 0.6 is 0 Å². The molecular formula is C23H28N2O5. The van der Waals surface area contributed by atoms with Crippen molar-refractivity contribution in [3.63, 3.8) is 0 Å². The lowest BCUT2D eigenvalue weighted by Crippen LogP contribution is -2.37. The third-order valence-corrected chi connectivity index (χ3v) is 4.73. The Morgan fingerprint density at radius 3 is 2.30 bits per heavy atom. The number of nitrogens with zero attached hydrogens (tertiary/aromatic N) is 1. The Kier molecular flexibility index (Phi) is 7.17. The molecule has 7 nitrogen and oxygen atoms in total. The summed E-state index contributed by atoms with van der Waals surface area (Å²) in [5.74, 6) is 1.63. The summed E-state index contributed by atoms with van der Waals surface area (Å²) in [5, 5.41) is 2.96. The molecule has 0 aliphatic carbocycles. The van der Waals surface area contributed by atoms with E-state index in [9.17, 15) is 9.59 Å². The average Bonchev–Trinajstić information content (AvgIpc) is 3.10. The summed E-state index contributed by atoms with van der Waals surface area (Å²) in [6.07, 6.45) is 0.258. The maximum Gasteiger partial charge on any atom is 0.251 e. The zero-order valence-electron chi connectivity index (χ0n) is 17.6. The van der Waals surface area contributed by atoms with Gasteiger partial charge in [0.05, 0.1) is 25.9 Å². The molecule has 2 amide bonds. The van der Waals surface area contributed by atoms with E-state index in [1.807, 2.05) is 45.0 Å². The predicted octanol–water partition coefficient (Wildman–Crippen LogP) is 3.42. The third-order valence-electron chi connectivity index (χ3n) is 4.73. The number of hydrogen-bond donors (Lipinski definition) is 1. The second-order valence-electron chi connectivity index (χ2n) is 6.83. The first-order valence-electron chi connectivity index (χ1n) is 10.3. The summed E-state index contributed by atoms with van der Waals surface area (Å²) in [4.78, 5) is 26.9. The summed E-state index contributed by atoms with van der Waals surface area (Å²) < 4.78 is 16.6. The number of hydrogen-bond acceptors (Lipinski definition) is 5. The highest BCUT2D eigenvalue weighted by atomic mass is 16.5. The van der Waals surface area contributed by atoms with E-state index in [0.29, 0.717) is 43.4 Å². The molecule has 1 aliphatic rings. The minimum atomic E-state index is -0.265. The molecule has 0 saturated carbocycles. The number of amides is 2. The summed E-state index contributed by atoms with van der Waals surface area (Å²) in [7, 11) is 0. The largest absolute Gasteiger partial charge is 0.494 e. The van der Waals surface area contributed by atoms with Crippen molar-refractivity contribution in [3.8, 4) is 17.2 Å². The zero-order chi connectivity index (χ0) is 21.5. The Labute approximate surface area is 176 Å². The van der Waals surface area contributed by atoms with Gasteiger partial charge in [-0.05, 0) is 63.2 Å². The fourth-order valence-electron chi connectivity index (χ4n) is 3.40. The summed E-state index contributed by atoms with van der Waals surface area (Å²) in [6.45, 7) is 7.69. The van der Waals surface area contributed by atoms with Gasteiger partial charge in [-0.15, -0.1) is 0 Å². The highest BCUT2D eigenvalue weighted by molar-refractivity contribution is 5.99. The minimum absolute atomic E-state index is 0.0221. The van der Waals surface area contributed by atoms with E-state index in [1.165, 1.54) is 0 Å². The lowest BCUT2D eigenvalue weighted by molar-refractivity contribution is -0.117. The van der Waals surface area contributed by atoms with Crippen molar-refractivity contribution in [1.82, 2.24) is 5.32 Å². The minimum Gasteiger partial charge on any atom is -0.494 e. The topological polar surface area (TPSA) is 77.1 Å². The number of anilines is 1. The Morgan fingerprint density at radius 1 is 0.967 bits per heavy atom. The van der Waals surface area contributed by atoms with E-state index in [2.05, 4.69) is 5.32 Å². The van der Waals surface area contributed by atoms with Gasteiger partial charge in [-0.25, -0.2) is 0 Å². The van der Waals surface area contributed by atoms with Crippen LogP contribution in [0.4, 0.5) is 5.69 Å². The third kappa shape index (κ3) is 5.03. The molecule has 7 heteroatoms. The van der Waals surface area contributed by atoms with Gasteiger partial charge in [-0.3, -0.25) is 9.59 Å². The lowest BCUT2D eigenvalue weighted by Gasteiger charge is -2.18. The molecule has 1 fully saturated rings. The van der Waals surface area contributed by atoms with Crippen molar-refractivity contribution in [3.05, 3.63) is 48.0 Å². The van der Waals surface area contributed by atoms with Crippen molar-refractivity contribution in [1.29, 1.82) is 0 Å². The Bertz CT molecular complexity index is 882. The second kappa shape index (κ2) is 10.0. The Morgan fingerprint density at radius 2 is 1.63 bits per heavy atom. The number of rotatable bonds is 9. The average molecular weight is 412 g/mol. The lowest BCUT2D eigenvalue weighted by atomic mass is 10.1. The molecule has 0 aromatic heterocycles. The normalized spacial score (nSPS) is 15.8. The fraction of sp³-hybridized carbons (Fsp3) is 0.391. The SMILES string of the molecule is CCOc1ccc(N2CC(NC(=O)c3ccc(OCC)c(OCC)c3)CC2=O)cc1. The molecule has 0 bridgehead atoms. The number of ether oxygens (including phenoxy) is 3. The van der Waals surface area contributed by atoms with Crippen LogP contribution in [0.3, 0.4) is 0 Å². The van der Waals surface area contributed by atoms with Crippen LogP contribution < -0.4 is 24.4 Å². The molecule has 1 N–H and O–H groups in total. The van der Waals surface area contributed by atoms with Gasteiger partial charge >= 0.3 is 0 Å². The Hall–Kier alpha value is -3.22. The second-order valence-corrected chi connectivity index (χ2v) is 6.83. The number of benzene rings is 2. The van der Waals surface area contributed by atoms with Crippen LogP contribution in [0.1, 0.15) is 37.6 Å². The molecule has 1 heterocycles. The molecular weight excluding hydrogens is 384 g/mol. The maximum atomic E-state index is 12.7. The van der Waals surface area contributed by atoms with Crippen molar-refractivity contribution in [2.24, 2.45) is 0 Å². The van der Waals surface area contributed by atoms with E-state index in [0.717, 1.165) is 11.4 Å². The van der Waals surface area contributed by atoms with Crippen molar-refractivity contribution < 1.29 is 23.8 Å². The van der Waals surface area contributed by atoms with Crippen LogP contribution in [-0.2, 0) is 4.79 Å². The monoisotopic (exact) mass is 412 g/mol. The van der Waals surface area contributed by atoms with Gasteiger partial charge in [-0.1, -0.05) is 0 Å². The van der Waals surface area contributed by atoms with E-state index in [1.54, 1.807) is 23.1 Å². The first-order valence-corrected chi connectivity index (χ1v) is 10.3. The van der Waals surface area contributed by atoms with Crippen LogP contribution in [0.25, 0.3) is 0 Å². The van der Waals surface area contributed by atoms with Crippen LogP contribution in [0.2, 0.25) is 0 Å². The molecule has 30 heavy (non-hydrogen) atoms. The quantitative estimate of drug-likeness (QED) is 0.683. The van der Waals surface area contributed by atoms with Crippen LogP contribution in [0, 0.1) is 0 Å². The highest BCUT2D eigenvalue weighted by Crippen LogP contribution is 2.29. The van der Waals surface area contributed by atoms with Crippen LogP contribution in [-0.4, -0.2) is 44.2 Å². The van der Waals surface area contributed by atoms with E-state index in [-0.39, 0.29) is 24.3 Å². The molecule has 3 rings (SSSR count). The molecule has 0 spiro atoms. The molecule has 2 aromatic carbocycles. The number of carbonyl (C=O) groups is 2. The van der Waals surface area contributed by atoms with Crippen molar-refractivity contribution >= 4 is 17.5 Å². The van der Waals surface area contributed by atoms with Gasteiger partial charge in [0.2, 0.25) is 5.91 Å². The highest BCUT2D eigenvalue weighted by Gasteiger charge is 2.32. The van der Waals surface area contributed by atoms with Crippen molar-refractivity contribution in [2.75, 3.05) is 31.3 Å². The summed E-state index contributed by atoms with van der Waals surface area (Å²) >= 11 is 0. The molecule has 160 valence electrons. The van der Waals surface area contributed by atoms with Crippen LogP contribution in [0.15, 0.2) is 42.5 Å². The summed E-state index contributed by atoms with van der Waals surface area (Å²) in [6, 6.07) is 12.2. The molecule has 0 radical (unpaired) electrons. The molecule has 2 aromatic rings. The van der Waals surface area contributed by atoms with Crippen molar-refractivity contribution in [2.45, 2.75) is 33.2 Å². The van der Waals surface area contributed by atoms with Gasteiger partial charge in [0, 0.05) is 24.2 Å². The maximum absolute atomic E-state index is 12.7. The van der Waals surface area contributed by atoms with Gasteiger partial charge in [0.15, 0.2) is 11.5 Å². The number of carbonyl (C=O) groups excluding carboxylic acids is 2. The van der Waals surface area contributed by atoms with Gasteiger partial charge in [0.25, 0.3) is 5.91 Å². The van der Waals surface area contributed by atoms with Gasteiger partial charge in [0.1, 0.15) is 5.75 Å². The first kappa shape index (κ1) is 21.5. The molecule has 1 aliphatic heterocycles. The Balaban J connectivity index is 1.66. The first-order chi connectivity index (χ1) is 14.5. The zero-order valence-corrected chi connectivity index (χ0v) is 17.6. The van der Waals surface area contributed by atoms with E-state index < -0.39 is 0 Å².